The zero-order valence-electron chi connectivity index (χ0n) is 12.2. The van der Waals surface area contributed by atoms with E-state index >= 15 is 0 Å². The molecule has 2 aromatic heterocycles. The number of carbonyl (C=O) groups is 1. The molecule has 4 heterocycles. The Morgan fingerprint density at radius 1 is 1.48 bits per heavy atom. The van der Waals surface area contributed by atoms with Gasteiger partial charge in [0.15, 0.2) is 5.82 Å². The van der Waals surface area contributed by atoms with Crippen LogP contribution in [0.4, 0.5) is 4.39 Å². The fourth-order valence-corrected chi connectivity index (χ4v) is 4.14. The van der Waals surface area contributed by atoms with E-state index in [1.54, 1.807) is 12.3 Å². The van der Waals surface area contributed by atoms with E-state index in [1.807, 2.05) is 0 Å². The third kappa shape index (κ3) is 2.55. The van der Waals surface area contributed by atoms with Crippen LogP contribution in [0.5, 0.6) is 0 Å². The summed E-state index contributed by atoms with van der Waals surface area (Å²) in [6.07, 6.45) is 4.91. The molecule has 5 nitrogen and oxygen atoms in total. The van der Waals surface area contributed by atoms with Crippen LogP contribution in [0.15, 0.2) is 18.5 Å². The molecule has 0 radical (unpaired) electrons. The minimum atomic E-state index is -0.400. The van der Waals surface area contributed by atoms with Crippen molar-refractivity contribution in [2.75, 3.05) is 13.2 Å². The van der Waals surface area contributed by atoms with Gasteiger partial charge in [-0.15, -0.1) is 0 Å². The number of aromatic nitrogens is 2. The number of rotatable bonds is 3. The molecule has 2 unspecified atom stereocenters. The first-order chi connectivity index (χ1) is 11.1. The number of H-pyrrole nitrogens is 1. The minimum absolute atomic E-state index is 0.104. The standard InChI is InChI=1S/C16H15FIN3O2/c17-11-7-19-3-1-10(11)15-13(18)12-14(21-15)8(6-20-16(12)22)5-9-2-4-23-9/h1,3,7-9,21H,2,4-6H2,(H,20,22). The van der Waals surface area contributed by atoms with Crippen molar-refractivity contribution in [3.8, 4) is 11.3 Å². The van der Waals surface area contributed by atoms with Crippen LogP contribution in [0.25, 0.3) is 11.3 Å². The van der Waals surface area contributed by atoms with Crippen molar-refractivity contribution in [3.63, 3.8) is 0 Å². The number of hydrogen-bond acceptors (Lipinski definition) is 3. The summed E-state index contributed by atoms with van der Waals surface area (Å²) in [4.78, 5) is 19.4. The van der Waals surface area contributed by atoms with Gasteiger partial charge >= 0.3 is 0 Å². The fraction of sp³-hybridized carbons (Fsp3) is 0.375. The Hall–Kier alpha value is -1.48. The Morgan fingerprint density at radius 3 is 3.00 bits per heavy atom. The summed E-state index contributed by atoms with van der Waals surface area (Å²) >= 11 is 2.11. The summed E-state index contributed by atoms with van der Waals surface area (Å²) in [6.45, 7) is 1.40. The van der Waals surface area contributed by atoms with Gasteiger partial charge in [0.2, 0.25) is 0 Å². The van der Waals surface area contributed by atoms with E-state index in [-0.39, 0.29) is 17.9 Å². The van der Waals surface area contributed by atoms with Crippen molar-refractivity contribution >= 4 is 28.5 Å². The van der Waals surface area contributed by atoms with Gasteiger partial charge in [-0.2, -0.15) is 0 Å². The second kappa shape index (κ2) is 5.86. The third-order valence-corrected chi connectivity index (χ3v) is 5.57. The SMILES string of the molecule is O=C1NCC(CC2CCO2)c2[nH]c(-c3ccncc3F)c(I)c21. The molecular weight excluding hydrogens is 412 g/mol. The summed E-state index contributed by atoms with van der Waals surface area (Å²) in [7, 11) is 0. The average molecular weight is 427 g/mol. The Labute approximate surface area is 146 Å². The van der Waals surface area contributed by atoms with Gasteiger partial charge < -0.3 is 15.0 Å². The topological polar surface area (TPSA) is 67.0 Å². The molecule has 0 bridgehead atoms. The highest BCUT2D eigenvalue weighted by atomic mass is 127. The third-order valence-electron chi connectivity index (χ3n) is 4.49. The van der Waals surface area contributed by atoms with Crippen molar-refractivity contribution < 1.29 is 13.9 Å². The average Bonchev–Trinajstić information content (AvgIpc) is 2.84. The number of hydrogen-bond donors (Lipinski definition) is 2. The van der Waals surface area contributed by atoms with Gasteiger partial charge in [-0.1, -0.05) is 0 Å². The molecule has 2 atom stereocenters. The molecule has 23 heavy (non-hydrogen) atoms. The van der Waals surface area contributed by atoms with Gasteiger partial charge in [-0.3, -0.25) is 9.78 Å². The number of aromatic amines is 1. The Kier molecular flexibility index (Phi) is 3.84. The number of halogens is 2. The van der Waals surface area contributed by atoms with Gasteiger partial charge in [0.1, 0.15) is 0 Å². The Balaban J connectivity index is 1.77. The zero-order chi connectivity index (χ0) is 16.0. The molecule has 2 aliphatic heterocycles. The number of nitrogens with zero attached hydrogens (tertiary/aromatic N) is 1. The molecule has 120 valence electrons. The number of amides is 1. The molecule has 1 saturated heterocycles. The molecule has 0 aliphatic carbocycles. The van der Waals surface area contributed by atoms with Crippen molar-refractivity contribution in [2.24, 2.45) is 0 Å². The maximum Gasteiger partial charge on any atom is 0.254 e. The lowest BCUT2D eigenvalue weighted by Gasteiger charge is -2.32. The quantitative estimate of drug-likeness (QED) is 0.741. The van der Waals surface area contributed by atoms with E-state index in [0.29, 0.717) is 23.4 Å². The van der Waals surface area contributed by atoms with Crippen LogP contribution < -0.4 is 5.32 Å². The minimum Gasteiger partial charge on any atom is -0.378 e. The molecule has 2 N–H and O–H groups in total. The molecular formula is C16H15FIN3O2. The first kappa shape index (κ1) is 15.1. The number of pyridine rings is 1. The number of carbonyl (C=O) groups excluding carboxylic acids is 1. The fourth-order valence-electron chi connectivity index (χ4n) is 3.18. The molecule has 2 aromatic rings. The van der Waals surface area contributed by atoms with E-state index < -0.39 is 5.82 Å². The molecule has 0 aromatic carbocycles. The van der Waals surface area contributed by atoms with Gasteiger partial charge in [0.05, 0.1) is 27.1 Å². The number of nitrogens with one attached hydrogen (secondary N) is 2. The van der Waals surface area contributed by atoms with Crippen molar-refractivity contribution in [1.82, 2.24) is 15.3 Å². The van der Waals surface area contributed by atoms with E-state index in [0.717, 1.165) is 28.7 Å². The molecule has 2 aliphatic rings. The summed E-state index contributed by atoms with van der Waals surface area (Å²) < 4.78 is 20.4. The first-order valence-electron chi connectivity index (χ1n) is 7.56. The van der Waals surface area contributed by atoms with Crippen molar-refractivity contribution in [2.45, 2.75) is 24.9 Å². The number of fused-ring (bicyclic) bond motifs is 1. The Bertz CT molecular complexity index is 773. The highest BCUT2D eigenvalue weighted by molar-refractivity contribution is 14.1. The van der Waals surface area contributed by atoms with Gasteiger partial charge in [0.25, 0.3) is 5.91 Å². The summed E-state index contributed by atoms with van der Waals surface area (Å²) in [6, 6.07) is 1.62. The van der Waals surface area contributed by atoms with Crippen LogP contribution in [0, 0.1) is 9.39 Å². The maximum absolute atomic E-state index is 14.1. The van der Waals surface area contributed by atoms with E-state index in [9.17, 15) is 9.18 Å². The van der Waals surface area contributed by atoms with Gasteiger partial charge in [0, 0.05) is 36.5 Å². The van der Waals surface area contributed by atoms with Crippen molar-refractivity contribution in [1.29, 1.82) is 0 Å². The summed E-state index contributed by atoms with van der Waals surface area (Å²) in [5.41, 5.74) is 2.60. The van der Waals surface area contributed by atoms with Crippen molar-refractivity contribution in [3.05, 3.63) is 39.1 Å². The normalized spacial score (nSPS) is 23.1. The lowest BCUT2D eigenvalue weighted by Crippen LogP contribution is -2.38. The Morgan fingerprint density at radius 2 is 2.30 bits per heavy atom. The van der Waals surface area contributed by atoms with Crippen LogP contribution in [0.2, 0.25) is 0 Å². The number of ether oxygens (including phenoxy) is 1. The van der Waals surface area contributed by atoms with Crippen LogP contribution in [-0.4, -0.2) is 35.1 Å². The predicted octanol–water partition coefficient (Wildman–Crippen LogP) is 2.83. The van der Waals surface area contributed by atoms with Crippen LogP contribution in [-0.2, 0) is 4.74 Å². The predicted molar refractivity (Wildman–Crippen MR) is 90.7 cm³/mol. The smallest absolute Gasteiger partial charge is 0.254 e. The molecule has 7 heteroatoms. The molecule has 0 spiro atoms. The monoisotopic (exact) mass is 427 g/mol. The lowest BCUT2D eigenvalue weighted by atomic mass is 9.90. The summed E-state index contributed by atoms with van der Waals surface area (Å²) in [5, 5.41) is 2.94. The molecule has 4 rings (SSSR count). The van der Waals surface area contributed by atoms with E-state index in [2.05, 4.69) is 37.9 Å². The van der Waals surface area contributed by atoms with Crippen LogP contribution >= 0.6 is 22.6 Å². The van der Waals surface area contributed by atoms with E-state index in [4.69, 9.17) is 4.74 Å². The maximum atomic E-state index is 14.1. The second-order valence-corrected chi connectivity index (χ2v) is 6.96. The van der Waals surface area contributed by atoms with Gasteiger partial charge in [-0.05, 0) is 41.5 Å². The lowest BCUT2D eigenvalue weighted by molar-refractivity contribution is -0.0582. The van der Waals surface area contributed by atoms with Gasteiger partial charge in [-0.25, -0.2) is 4.39 Å². The first-order valence-corrected chi connectivity index (χ1v) is 8.64. The summed E-state index contributed by atoms with van der Waals surface area (Å²) in [5.74, 6) is -0.337. The highest BCUT2D eigenvalue weighted by Gasteiger charge is 2.34. The van der Waals surface area contributed by atoms with Crippen LogP contribution in [0.3, 0.4) is 0 Å². The molecule has 1 amide bonds. The molecule has 1 fully saturated rings. The second-order valence-electron chi connectivity index (χ2n) is 5.88. The zero-order valence-corrected chi connectivity index (χ0v) is 14.4. The highest BCUT2D eigenvalue weighted by Crippen LogP contribution is 2.38. The van der Waals surface area contributed by atoms with E-state index in [1.165, 1.54) is 6.20 Å². The largest absolute Gasteiger partial charge is 0.378 e. The molecule has 0 saturated carbocycles. The van der Waals surface area contributed by atoms with Crippen LogP contribution in [0.1, 0.15) is 34.8 Å².